The molecular formula is C25H27ClN2O4S. The van der Waals surface area contributed by atoms with Crippen LogP contribution in [0.15, 0.2) is 65.6 Å². The molecule has 0 saturated carbocycles. The lowest BCUT2D eigenvalue weighted by Gasteiger charge is -2.34. The molecule has 4 rings (SSSR count). The molecule has 2 unspecified atom stereocenters. The minimum atomic E-state index is -3.90. The van der Waals surface area contributed by atoms with Gasteiger partial charge in [0, 0.05) is 30.6 Å². The number of carbonyl (C=O) groups excluding carboxylic acids is 1. The fourth-order valence-corrected chi connectivity index (χ4v) is 6.41. The molecule has 8 heteroatoms. The molecule has 0 radical (unpaired) electrons. The zero-order chi connectivity index (χ0) is 23.8. The topological polar surface area (TPSA) is 66.9 Å². The second-order valence-electron chi connectivity index (χ2n) is 8.27. The summed E-state index contributed by atoms with van der Waals surface area (Å²) in [6.07, 6.45) is -0.455. The summed E-state index contributed by atoms with van der Waals surface area (Å²) >= 11 is 6.32. The van der Waals surface area contributed by atoms with Crippen LogP contribution < -0.4 is 4.90 Å². The quantitative estimate of drug-likeness (QED) is 0.511. The number of morpholine rings is 1. The van der Waals surface area contributed by atoms with Crippen molar-refractivity contribution >= 4 is 44.0 Å². The largest absolute Gasteiger partial charge is 0.373 e. The van der Waals surface area contributed by atoms with Crippen LogP contribution in [0, 0.1) is 0 Å². The number of ether oxygens (including phenoxy) is 1. The molecule has 1 aliphatic heterocycles. The van der Waals surface area contributed by atoms with Gasteiger partial charge in [0.15, 0.2) is 0 Å². The van der Waals surface area contributed by atoms with Crippen LogP contribution in [-0.4, -0.2) is 50.5 Å². The van der Waals surface area contributed by atoms with Crippen LogP contribution in [0.25, 0.3) is 10.8 Å². The van der Waals surface area contributed by atoms with E-state index in [1.807, 2.05) is 63.2 Å². The lowest BCUT2D eigenvalue weighted by atomic mass is 10.1. The SMILES string of the molecule is CCN(C(=O)c1ccc(Cl)c(S(=O)(=O)N2CC(C)OC(C)C2)c1)c1cccc2ccccc12. The number of sulfonamides is 1. The number of hydrogen-bond acceptors (Lipinski definition) is 4. The summed E-state index contributed by atoms with van der Waals surface area (Å²) in [5, 5.41) is 2.07. The first kappa shape index (κ1) is 23.7. The molecule has 0 spiro atoms. The van der Waals surface area contributed by atoms with Gasteiger partial charge in [0.25, 0.3) is 5.91 Å². The fraction of sp³-hybridized carbons (Fsp3) is 0.320. The number of halogens is 1. The van der Waals surface area contributed by atoms with Crippen molar-refractivity contribution in [2.45, 2.75) is 37.9 Å². The normalized spacial score (nSPS) is 19.5. The third-order valence-electron chi connectivity index (χ3n) is 5.80. The Morgan fingerprint density at radius 3 is 2.42 bits per heavy atom. The second-order valence-corrected chi connectivity index (χ2v) is 10.6. The maximum Gasteiger partial charge on any atom is 0.258 e. The average Bonchev–Trinajstić information content (AvgIpc) is 2.79. The number of hydrogen-bond donors (Lipinski definition) is 0. The highest BCUT2D eigenvalue weighted by Gasteiger charge is 2.34. The van der Waals surface area contributed by atoms with Gasteiger partial charge in [0.1, 0.15) is 4.90 Å². The Bertz CT molecular complexity index is 1280. The summed E-state index contributed by atoms with van der Waals surface area (Å²) in [5.74, 6) is -0.286. The van der Waals surface area contributed by atoms with Crippen molar-refractivity contribution in [1.29, 1.82) is 0 Å². The number of anilines is 1. The predicted octanol–water partition coefficient (Wildman–Crippen LogP) is 4.96. The van der Waals surface area contributed by atoms with E-state index in [1.54, 1.807) is 11.0 Å². The molecule has 1 heterocycles. The van der Waals surface area contributed by atoms with E-state index in [-0.39, 0.29) is 46.7 Å². The van der Waals surface area contributed by atoms with Gasteiger partial charge in [-0.1, -0.05) is 48.0 Å². The van der Waals surface area contributed by atoms with Gasteiger partial charge < -0.3 is 9.64 Å². The minimum absolute atomic E-state index is 0.0645. The Labute approximate surface area is 199 Å². The molecule has 6 nitrogen and oxygen atoms in total. The van der Waals surface area contributed by atoms with Crippen LogP contribution in [0.5, 0.6) is 0 Å². The minimum Gasteiger partial charge on any atom is -0.373 e. The van der Waals surface area contributed by atoms with Crippen LogP contribution in [0.1, 0.15) is 31.1 Å². The van der Waals surface area contributed by atoms with Crippen molar-refractivity contribution in [3.8, 4) is 0 Å². The van der Waals surface area contributed by atoms with E-state index < -0.39 is 10.0 Å². The Morgan fingerprint density at radius 1 is 1.06 bits per heavy atom. The second kappa shape index (κ2) is 9.43. The van der Waals surface area contributed by atoms with Gasteiger partial charge in [-0.3, -0.25) is 4.79 Å². The number of rotatable bonds is 5. The van der Waals surface area contributed by atoms with E-state index in [0.717, 1.165) is 16.5 Å². The molecule has 2 atom stereocenters. The van der Waals surface area contributed by atoms with E-state index in [2.05, 4.69) is 0 Å². The highest BCUT2D eigenvalue weighted by Crippen LogP contribution is 2.31. The molecule has 1 saturated heterocycles. The Balaban J connectivity index is 1.73. The lowest BCUT2D eigenvalue weighted by Crippen LogP contribution is -2.48. The van der Waals surface area contributed by atoms with Crippen LogP contribution in [-0.2, 0) is 14.8 Å². The molecule has 0 bridgehead atoms. The van der Waals surface area contributed by atoms with Crippen molar-refractivity contribution in [2.75, 3.05) is 24.5 Å². The lowest BCUT2D eigenvalue weighted by molar-refractivity contribution is -0.0440. The zero-order valence-electron chi connectivity index (χ0n) is 18.9. The van der Waals surface area contributed by atoms with Gasteiger partial charge in [-0.05, 0) is 50.4 Å². The smallest absolute Gasteiger partial charge is 0.258 e. The molecule has 1 amide bonds. The highest BCUT2D eigenvalue weighted by molar-refractivity contribution is 7.89. The predicted molar refractivity (Wildman–Crippen MR) is 132 cm³/mol. The molecule has 3 aromatic carbocycles. The molecule has 0 N–H and O–H groups in total. The van der Waals surface area contributed by atoms with Gasteiger partial charge in [-0.25, -0.2) is 8.42 Å². The van der Waals surface area contributed by atoms with Crippen molar-refractivity contribution in [2.24, 2.45) is 0 Å². The standard InChI is InChI=1S/C25H27ClN2O4S/c1-4-28(23-11-7-9-19-8-5-6-10-21(19)23)25(29)20-12-13-22(26)24(14-20)33(30,31)27-15-17(2)32-18(3)16-27/h5-14,17-18H,4,15-16H2,1-3H3. The number of carbonyl (C=O) groups is 1. The number of amides is 1. The first-order valence-corrected chi connectivity index (χ1v) is 12.8. The van der Waals surface area contributed by atoms with Crippen molar-refractivity contribution < 1.29 is 17.9 Å². The summed E-state index contributed by atoms with van der Waals surface area (Å²) in [4.78, 5) is 15.1. The van der Waals surface area contributed by atoms with Gasteiger partial charge in [-0.2, -0.15) is 4.31 Å². The number of fused-ring (bicyclic) bond motifs is 1. The molecule has 3 aromatic rings. The Hall–Kier alpha value is -2.45. The molecule has 0 aliphatic carbocycles. The van der Waals surface area contributed by atoms with E-state index in [9.17, 15) is 13.2 Å². The van der Waals surface area contributed by atoms with Gasteiger partial charge in [0.2, 0.25) is 10.0 Å². The number of nitrogens with zero attached hydrogens (tertiary/aromatic N) is 2. The zero-order valence-corrected chi connectivity index (χ0v) is 20.4. The van der Waals surface area contributed by atoms with E-state index >= 15 is 0 Å². The third-order valence-corrected chi connectivity index (χ3v) is 8.11. The maximum absolute atomic E-state index is 13.5. The van der Waals surface area contributed by atoms with E-state index in [1.165, 1.54) is 16.4 Å². The van der Waals surface area contributed by atoms with Gasteiger partial charge in [-0.15, -0.1) is 0 Å². The van der Waals surface area contributed by atoms with Crippen LogP contribution >= 0.6 is 11.6 Å². The Kier molecular flexibility index (Phi) is 6.77. The first-order chi connectivity index (χ1) is 15.7. The van der Waals surface area contributed by atoms with Crippen molar-refractivity contribution in [3.63, 3.8) is 0 Å². The molecule has 174 valence electrons. The molecule has 1 fully saturated rings. The molecule has 0 aromatic heterocycles. The van der Waals surface area contributed by atoms with Crippen LogP contribution in [0.3, 0.4) is 0 Å². The molecule has 33 heavy (non-hydrogen) atoms. The van der Waals surface area contributed by atoms with E-state index in [4.69, 9.17) is 16.3 Å². The molecule has 1 aliphatic rings. The first-order valence-electron chi connectivity index (χ1n) is 11.0. The third kappa shape index (κ3) is 4.64. The average molecular weight is 487 g/mol. The van der Waals surface area contributed by atoms with Crippen molar-refractivity contribution in [3.05, 3.63) is 71.2 Å². The van der Waals surface area contributed by atoms with Gasteiger partial charge >= 0.3 is 0 Å². The van der Waals surface area contributed by atoms with Gasteiger partial charge in [0.05, 0.1) is 22.9 Å². The summed E-state index contributed by atoms with van der Waals surface area (Å²) in [6, 6.07) is 18.1. The number of benzene rings is 3. The Morgan fingerprint density at radius 2 is 1.73 bits per heavy atom. The van der Waals surface area contributed by atoms with Crippen LogP contribution in [0.2, 0.25) is 5.02 Å². The summed E-state index contributed by atoms with van der Waals surface area (Å²) in [6.45, 7) is 6.46. The maximum atomic E-state index is 13.5. The molecular weight excluding hydrogens is 460 g/mol. The summed E-state index contributed by atoms with van der Waals surface area (Å²) in [7, 11) is -3.90. The summed E-state index contributed by atoms with van der Waals surface area (Å²) in [5.41, 5.74) is 1.04. The summed E-state index contributed by atoms with van der Waals surface area (Å²) < 4.78 is 33.9. The van der Waals surface area contributed by atoms with Crippen LogP contribution in [0.4, 0.5) is 5.69 Å². The van der Waals surface area contributed by atoms with Crippen molar-refractivity contribution in [1.82, 2.24) is 4.31 Å². The fourth-order valence-electron chi connectivity index (χ4n) is 4.32. The van der Waals surface area contributed by atoms with E-state index in [0.29, 0.717) is 6.54 Å². The highest BCUT2D eigenvalue weighted by atomic mass is 35.5. The monoisotopic (exact) mass is 486 g/mol.